The van der Waals surface area contributed by atoms with E-state index in [0.717, 1.165) is 43.1 Å². The van der Waals surface area contributed by atoms with Crippen molar-refractivity contribution < 1.29 is 14.3 Å². The van der Waals surface area contributed by atoms with Gasteiger partial charge in [0.2, 0.25) is 5.91 Å². The minimum absolute atomic E-state index is 0.00163. The summed E-state index contributed by atoms with van der Waals surface area (Å²) in [6.07, 6.45) is 1.71. The van der Waals surface area contributed by atoms with Crippen molar-refractivity contribution in [2.75, 3.05) is 25.1 Å². The van der Waals surface area contributed by atoms with Gasteiger partial charge in [0.15, 0.2) is 0 Å². The van der Waals surface area contributed by atoms with Gasteiger partial charge in [0.1, 0.15) is 11.5 Å². The van der Waals surface area contributed by atoms with E-state index in [2.05, 4.69) is 4.90 Å². The molecule has 1 aromatic carbocycles. The first-order chi connectivity index (χ1) is 9.99. The summed E-state index contributed by atoms with van der Waals surface area (Å²) in [5.41, 5.74) is 6.44. The highest BCUT2D eigenvalue weighted by molar-refractivity contribution is 5.77. The van der Waals surface area contributed by atoms with E-state index in [-0.39, 0.29) is 17.9 Å². The van der Waals surface area contributed by atoms with Crippen LogP contribution < -0.4 is 20.1 Å². The lowest BCUT2D eigenvalue weighted by Gasteiger charge is -2.32. The molecule has 0 spiro atoms. The van der Waals surface area contributed by atoms with Crippen LogP contribution in [0, 0.1) is 5.92 Å². The predicted octanol–water partition coefficient (Wildman–Crippen LogP) is 2.18. The Bertz CT molecular complexity index is 494. The third-order valence-electron chi connectivity index (χ3n) is 3.73. The quantitative estimate of drug-likeness (QED) is 0.903. The molecule has 1 aliphatic heterocycles. The molecule has 1 aliphatic rings. The second-order valence-corrected chi connectivity index (χ2v) is 5.70. The highest BCUT2D eigenvalue weighted by atomic mass is 16.5. The second-order valence-electron chi connectivity index (χ2n) is 5.70. The number of anilines is 1. The van der Waals surface area contributed by atoms with E-state index < -0.39 is 0 Å². The standard InChI is InChI=1S/C16H24N2O3/c1-11(2)21-15-9-13(8-14(10-15)20-3)18-6-4-12(5-7-18)16(17)19/h8-12H,4-7H2,1-3H3,(H2,17,19). The Balaban J connectivity index is 2.14. The largest absolute Gasteiger partial charge is 0.497 e. The van der Waals surface area contributed by atoms with E-state index in [1.807, 2.05) is 32.0 Å². The Morgan fingerprint density at radius 1 is 1.24 bits per heavy atom. The molecule has 1 fully saturated rings. The zero-order valence-corrected chi connectivity index (χ0v) is 13.0. The molecule has 0 unspecified atom stereocenters. The summed E-state index contributed by atoms with van der Waals surface area (Å²) < 4.78 is 11.1. The van der Waals surface area contributed by atoms with E-state index >= 15 is 0 Å². The van der Waals surface area contributed by atoms with Gasteiger partial charge in [-0.25, -0.2) is 0 Å². The lowest BCUT2D eigenvalue weighted by molar-refractivity contribution is -0.122. The molecule has 0 saturated carbocycles. The fourth-order valence-electron chi connectivity index (χ4n) is 2.62. The van der Waals surface area contributed by atoms with E-state index in [1.165, 1.54) is 0 Å². The van der Waals surface area contributed by atoms with Gasteiger partial charge in [0.05, 0.1) is 13.2 Å². The van der Waals surface area contributed by atoms with Crippen molar-refractivity contribution in [3.05, 3.63) is 18.2 Å². The maximum atomic E-state index is 11.2. The van der Waals surface area contributed by atoms with Crippen LogP contribution >= 0.6 is 0 Å². The van der Waals surface area contributed by atoms with Crippen LogP contribution in [0.15, 0.2) is 18.2 Å². The molecule has 1 saturated heterocycles. The Morgan fingerprint density at radius 2 is 1.86 bits per heavy atom. The van der Waals surface area contributed by atoms with Crippen LogP contribution in [-0.2, 0) is 4.79 Å². The summed E-state index contributed by atoms with van der Waals surface area (Å²) in [6.45, 7) is 5.64. The van der Waals surface area contributed by atoms with Crippen molar-refractivity contribution in [2.24, 2.45) is 11.7 Å². The van der Waals surface area contributed by atoms with Crippen LogP contribution in [0.4, 0.5) is 5.69 Å². The number of rotatable bonds is 5. The molecule has 2 N–H and O–H groups in total. The van der Waals surface area contributed by atoms with Gasteiger partial charge in [0, 0.05) is 42.9 Å². The smallest absolute Gasteiger partial charge is 0.220 e. The van der Waals surface area contributed by atoms with Gasteiger partial charge in [-0.2, -0.15) is 0 Å². The molecule has 1 aromatic rings. The number of benzene rings is 1. The van der Waals surface area contributed by atoms with Crippen LogP contribution in [0.5, 0.6) is 11.5 Å². The molecular weight excluding hydrogens is 268 g/mol. The Hall–Kier alpha value is -1.91. The van der Waals surface area contributed by atoms with Gasteiger partial charge < -0.3 is 20.1 Å². The number of hydrogen-bond acceptors (Lipinski definition) is 4. The summed E-state index contributed by atoms with van der Waals surface area (Å²) in [5, 5.41) is 0. The maximum Gasteiger partial charge on any atom is 0.220 e. The Kier molecular flexibility index (Phi) is 4.94. The zero-order chi connectivity index (χ0) is 15.4. The van der Waals surface area contributed by atoms with Crippen LogP contribution in [-0.4, -0.2) is 32.2 Å². The summed E-state index contributed by atoms with van der Waals surface area (Å²) >= 11 is 0. The van der Waals surface area contributed by atoms with E-state index in [4.69, 9.17) is 15.2 Å². The Morgan fingerprint density at radius 3 is 2.38 bits per heavy atom. The monoisotopic (exact) mass is 292 g/mol. The minimum Gasteiger partial charge on any atom is -0.497 e. The molecule has 5 nitrogen and oxygen atoms in total. The summed E-state index contributed by atoms with van der Waals surface area (Å²) in [5.74, 6) is 1.39. The molecular formula is C16H24N2O3. The van der Waals surface area contributed by atoms with Gasteiger partial charge in [0.25, 0.3) is 0 Å². The minimum atomic E-state index is -0.191. The first-order valence-electron chi connectivity index (χ1n) is 7.39. The average molecular weight is 292 g/mol. The van der Waals surface area contributed by atoms with Crippen LogP contribution in [0.3, 0.4) is 0 Å². The first-order valence-corrected chi connectivity index (χ1v) is 7.39. The number of ether oxygens (including phenoxy) is 2. The third-order valence-corrected chi connectivity index (χ3v) is 3.73. The number of nitrogens with two attached hydrogens (primary N) is 1. The van der Waals surface area contributed by atoms with Gasteiger partial charge in [-0.3, -0.25) is 4.79 Å². The van der Waals surface area contributed by atoms with Crippen molar-refractivity contribution in [3.8, 4) is 11.5 Å². The lowest BCUT2D eigenvalue weighted by atomic mass is 9.96. The van der Waals surface area contributed by atoms with E-state index in [1.54, 1.807) is 7.11 Å². The molecule has 21 heavy (non-hydrogen) atoms. The summed E-state index contributed by atoms with van der Waals surface area (Å²) in [7, 11) is 1.65. The third kappa shape index (κ3) is 4.03. The number of hydrogen-bond donors (Lipinski definition) is 1. The van der Waals surface area contributed by atoms with Crippen LogP contribution in [0.1, 0.15) is 26.7 Å². The van der Waals surface area contributed by atoms with Gasteiger partial charge >= 0.3 is 0 Å². The fourth-order valence-corrected chi connectivity index (χ4v) is 2.62. The molecule has 0 aliphatic carbocycles. The summed E-state index contributed by atoms with van der Waals surface area (Å²) in [4.78, 5) is 13.5. The number of piperidine rings is 1. The van der Waals surface area contributed by atoms with Crippen LogP contribution in [0.25, 0.3) is 0 Å². The normalized spacial score (nSPS) is 16.1. The van der Waals surface area contributed by atoms with Crippen molar-refractivity contribution in [2.45, 2.75) is 32.8 Å². The van der Waals surface area contributed by atoms with Gasteiger partial charge in [-0.05, 0) is 26.7 Å². The topological polar surface area (TPSA) is 64.8 Å². The van der Waals surface area contributed by atoms with E-state index in [9.17, 15) is 4.79 Å². The SMILES string of the molecule is COc1cc(OC(C)C)cc(N2CCC(C(N)=O)CC2)c1. The van der Waals surface area contributed by atoms with Crippen LogP contribution in [0.2, 0.25) is 0 Å². The van der Waals surface area contributed by atoms with Gasteiger partial charge in [-0.15, -0.1) is 0 Å². The molecule has 0 atom stereocenters. The van der Waals surface area contributed by atoms with Crippen molar-refractivity contribution >= 4 is 11.6 Å². The number of amides is 1. The molecule has 1 heterocycles. The highest BCUT2D eigenvalue weighted by Gasteiger charge is 2.23. The first kappa shape index (κ1) is 15.5. The number of carbonyl (C=O) groups excluding carboxylic acids is 1. The fraction of sp³-hybridized carbons (Fsp3) is 0.562. The number of primary amides is 1. The zero-order valence-electron chi connectivity index (χ0n) is 13.0. The molecule has 0 bridgehead atoms. The van der Waals surface area contributed by atoms with Crippen molar-refractivity contribution in [1.82, 2.24) is 0 Å². The number of carbonyl (C=O) groups is 1. The summed E-state index contributed by atoms with van der Waals surface area (Å²) in [6, 6.07) is 5.91. The average Bonchev–Trinajstić information content (AvgIpc) is 2.46. The van der Waals surface area contributed by atoms with E-state index in [0.29, 0.717) is 0 Å². The van der Waals surface area contributed by atoms with Gasteiger partial charge in [-0.1, -0.05) is 0 Å². The molecule has 116 valence electrons. The molecule has 2 rings (SSSR count). The van der Waals surface area contributed by atoms with Crippen molar-refractivity contribution in [1.29, 1.82) is 0 Å². The molecule has 0 radical (unpaired) electrons. The second kappa shape index (κ2) is 6.70. The molecule has 0 aromatic heterocycles. The lowest BCUT2D eigenvalue weighted by Crippen LogP contribution is -2.38. The molecule has 1 amide bonds. The number of methoxy groups -OCH3 is 1. The Labute approximate surface area is 126 Å². The molecule has 5 heteroatoms. The number of nitrogens with zero attached hydrogens (tertiary/aromatic N) is 1. The highest BCUT2D eigenvalue weighted by Crippen LogP contribution is 2.31. The maximum absolute atomic E-state index is 11.2. The van der Waals surface area contributed by atoms with Crippen molar-refractivity contribution in [3.63, 3.8) is 0 Å². The predicted molar refractivity (Wildman–Crippen MR) is 82.9 cm³/mol.